The van der Waals surface area contributed by atoms with Crippen LogP contribution in [0, 0.1) is 10.1 Å². The highest BCUT2D eigenvalue weighted by Gasteiger charge is 2.19. The fourth-order valence-electron chi connectivity index (χ4n) is 3.97. The van der Waals surface area contributed by atoms with E-state index < -0.39 is 4.92 Å². The maximum absolute atomic E-state index is 13.4. The van der Waals surface area contributed by atoms with Gasteiger partial charge in [-0.15, -0.1) is 0 Å². The van der Waals surface area contributed by atoms with Crippen molar-refractivity contribution in [3.8, 4) is 5.69 Å². The van der Waals surface area contributed by atoms with Crippen LogP contribution in [-0.2, 0) is 7.05 Å². The van der Waals surface area contributed by atoms with Crippen LogP contribution in [0.2, 0.25) is 0 Å². The van der Waals surface area contributed by atoms with Crippen LogP contribution in [0.25, 0.3) is 39.6 Å². The largest absolute Gasteiger partial charge is 0.350 e. The average Bonchev–Trinajstić information content (AvgIpc) is 3.13. The van der Waals surface area contributed by atoms with E-state index in [1.165, 1.54) is 10.6 Å². The second kappa shape index (κ2) is 7.63. The van der Waals surface area contributed by atoms with Gasteiger partial charge in [0.15, 0.2) is 0 Å². The number of rotatable bonds is 4. The van der Waals surface area contributed by atoms with Gasteiger partial charge < -0.3 is 4.57 Å². The summed E-state index contributed by atoms with van der Waals surface area (Å²) in [5, 5.41) is 13.1. The molecule has 7 heteroatoms. The molecule has 0 radical (unpaired) electrons. The van der Waals surface area contributed by atoms with Gasteiger partial charge in [0.1, 0.15) is 11.5 Å². The third kappa shape index (κ3) is 3.16. The monoisotopic (exact) mass is 422 g/mol. The molecule has 0 aliphatic rings. The highest BCUT2D eigenvalue weighted by atomic mass is 16.6. The molecule has 5 aromatic rings. The molecule has 0 spiro atoms. The molecule has 5 rings (SSSR count). The number of benzene rings is 3. The molecule has 0 bridgehead atoms. The number of nitro groups is 1. The fraction of sp³-hybridized carbons (Fsp3) is 0.0400. The van der Waals surface area contributed by atoms with E-state index in [2.05, 4.69) is 4.98 Å². The Balaban J connectivity index is 1.78. The zero-order valence-electron chi connectivity index (χ0n) is 17.2. The van der Waals surface area contributed by atoms with E-state index in [9.17, 15) is 14.9 Å². The topological polar surface area (TPSA) is 83.0 Å². The molecular weight excluding hydrogens is 404 g/mol. The number of hydrogen-bond donors (Lipinski definition) is 0. The minimum absolute atomic E-state index is 0.161. The number of hydrogen-bond acceptors (Lipinski definition) is 4. The Morgan fingerprint density at radius 2 is 1.59 bits per heavy atom. The maximum Gasteiger partial charge on any atom is 0.293 e. The summed E-state index contributed by atoms with van der Waals surface area (Å²) in [4.78, 5) is 29.2. The lowest BCUT2D eigenvalue weighted by atomic mass is 10.1. The van der Waals surface area contributed by atoms with Crippen LogP contribution in [0.4, 0.5) is 5.69 Å². The third-order valence-corrected chi connectivity index (χ3v) is 5.46. The highest BCUT2D eigenvalue weighted by molar-refractivity contribution is 5.92. The molecule has 0 aliphatic heterocycles. The van der Waals surface area contributed by atoms with Crippen molar-refractivity contribution in [3.05, 3.63) is 111 Å². The first-order valence-electron chi connectivity index (χ1n) is 10.0. The molecule has 0 unspecified atom stereocenters. The van der Waals surface area contributed by atoms with Crippen LogP contribution in [0.5, 0.6) is 0 Å². The number of para-hydroxylation sites is 4. The predicted molar refractivity (Wildman–Crippen MR) is 126 cm³/mol. The molecule has 2 aromatic heterocycles. The SMILES string of the molecule is Cn1cc(/C=C/c2nc3ccccc3c(=O)n2-c2ccccc2[N+](=O)[O-])c2ccccc21. The first kappa shape index (κ1) is 19.4. The van der Waals surface area contributed by atoms with Crippen LogP contribution in [-0.4, -0.2) is 19.0 Å². The number of fused-ring (bicyclic) bond motifs is 2. The summed E-state index contributed by atoms with van der Waals surface area (Å²) >= 11 is 0. The summed E-state index contributed by atoms with van der Waals surface area (Å²) in [6, 6.07) is 21.2. The van der Waals surface area contributed by atoms with Crippen molar-refractivity contribution < 1.29 is 4.92 Å². The summed E-state index contributed by atoms with van der Waals surface area (Å²) < 4.78 is 3.33. The second-order valence-electron chi connectivity index (χ2n) is 7.42. The van der Waals surface area contributed by atoms with Crippen molar-refractivity contribution in [2.24, 2.45) is 7.05 Å². The molecule has 0 atom stereocenters. The van der Waals surface area contributed by atoms with Crippen LogP contribution >= 0.6 is 0 Å². The maximum atomic E-state index is 13.4. The van der Waals surface area contributed by atoms with Gasteiger partial charge in [0.25, 0.3) is 11.2 Å². The lowest BCUT2D eigenvalue weighted by Crippen LogP contribution is -2.23. The van der Waals surface area contributed by atoms with Crippen molar-refractivity contribution in [2.75, 3.05) is 0 Å². The van der Waals surface area contributed by atoms with E-state index in [1.807, 2.05) is 54.2 Å². The Kier molecular flexibility index (Phi) is 4.63. The molecule has 3 aromatic carbocycles. The van der Waals surface area contributed by atoms with Crippen molar-refractivity contribution >= 4 is 39.6 Å². The summed E-state index contributed by atoms with van der Waals surface area (Å²) in [6.07, 6.45) is 5.60. The molecular formula is C25H18N4O3. The predicted octanol–water partition coefficient (Wildman–Crippen LogP) is 4.96. The van der Waals surface area contributed by atoms with E-state index in [0.29, 0.717) is 16.7 Å². The lowest BCUT2D eigenvalue weighted by Gasteiger charge is -2.11. The Labute approximate surface area is 182 Å². The molecule has 0 saturated heterocycles. The van der Waals surface area contributed by atoms with E-state index in [4.69, 9.17) is 0 Å². The molecule has 0 amide bonds. The van der Waals surface area contributed by atoms with E-state index in [-0.39, 0.29) is 16.9 Å². The van der Waals surface area contributed by atoms with Crippen molar-refractivity contribution in [2.45, 2.75) is 0 Å². The normalized spacial score (nSPS) is 11.5. The molecule has 0 N–H and O–H groups in total. The summed E-state index contributed by atoms with van der Waals surface area (Å²) in [5.41, 5.74) is 2.23. The van der Waals surface area contributed by atoms with Gasteiger partial charge in [-0.05, 0) is 36.4 Å². The average molecular weight is 422 g/mol. The Bertz CT molecular complexity index is 1590. The van der Waals surface area contributed by atoms with Gasteiger partial charge >= 0.3 is 0 Å². The van der Waals surface area contributed by atoms with Gasteiger partial charge in [-0.3, -0.25) is 19.5 Å². The van der Waals surface area contributed by atoms with Crippen LogP contribution in [0.15, 0.2) is 83.8 Å². The molecule has 2 heterocycles. The molecule has 0 aliphatic carbocycles. The highest BCUT2D eigenvalue weighted by Crippen LogP contribution is 2.25. The second-order valence-corrected chi connectivity index (χ2v) is 7.42. The van der Waals surface area contributed by atoms with Gasteiger partial charge in [0.2, 0.25) is 0 Å². The first-order chi connectivity index (χ1) is 15.5. The summed E-state index contributed by atoms with van der Waals surface area (Å²) in [7, 11) is 1.97. The first-order valence-corrected chi connectivity index (χ1v) is 10.0. The number of nitrogens with zero attached hydrogens (tertiary/aromatic N) is 4. The zero-order valence-corrected chi connectivity index (χ0v) is 17.2. The molecule has 156 valence electrons. The molecule has 0 saturated carbocycles. The van der Waals surface area contributed by atoms with Gasteiger partial charge in [0, 0.05) is 35.8 Å². The van der Waals surface area contributed by atoms with Crippen LogP contribution in [0.3, 0.4) is 0 Å². The Morgan fingerprint density at radius 1 is 0.906 bits per heavy atom. The zero-order chi connectivity index (χ0) is 22.2. The Hall–Kier alpha value is -4.52. The van der Waals surface area contributed by atoms with E-state index in [0.717, 1.165) is 16.5 Å². The number of aromatic nitrogens is 3. The van der Waals surface area contributed by atoms with E-state index >= 15 is 0 Å². The van der Waals surface area contributed by atoms with Crippen molar-refractivity contribution in [1.29, 1.82) is 0 Å². The molecule has 7 nitrogen and oxygen atoms in total. The van der Waals surface area contributed by atoms with Gasteiger partial charge in [-0.2, -0.15) is 0 Å². The number of nitro benzene ring substituents is 1. The smallest absolute Gasteiger partial charge is 0.293 e. The Morgan fingerprint density at radius 3 is 2.41 bits per heavy atom. The quantitative estimate of drug-likeness (QED) is 0.303. The molecule has 32 heavy (non-hydrogen) atoms. The lowest BCUT2D eigenvalue weighted by molar-refractivity contribution is -0.384. The standard InChI is InChI=1S/C25H18N4O3/c1-27-16-17(18-8-3-5-11-21(18)27)14-15-24-26-20-10-4-2-9-19(20)25(30)28(24)22-12-6-7-13-23(22)29(31)32/h2-16H,1H3/b15-14+. The van der Waals surface area contributed by atoms with Gasteiger partial charge in [0.05, 0.1) is 15.8 Å². The van der Waals surface area contributed by atoms with Crippen LogP contribution < -0.4 is 5.56 Å². The minimum atomic E-state index is -0.491. The summed E-state index contributed by atoms with van der Waals surface area (Å²) in [5.74, 6) is 0.316. The minimum Gasteiger partial charge on any atom is -0.350 e. The van der Waals surface area contributed by atoms with Gasteiger partial charge in [-0.1, -0.05) is 42.5 Å². The third-order valence-electron chi connectivity index (χ3n) is 5.46. The van der Waals surface area contributed by atoms with Gasteiger partial charge in [-0.25, -0.2) is 4.98 Å². The van der Waals surface area contributed by atoms with Crippen molar-refractivity contribution in [1.82, 2.24) is 14.1 Å². The van der Waals surface area contributed by atoms with Crippen molar-refractivity contribution in [3.63, 3.8) is 0 Å². The van der Waals surface area contributed by atoms with Crippen LogP contribution in [0.1, 0.15) is 11.4 Å². The molecule has 0 fully saturated rings. The van der Waals surface area contributed by atoms with E-state index in [1.54, 1.807) is 42.5 Å². The fourth-order valence-corrected chi connectivity index (χ4v) is 3.97. The summed E-state index contributed by atoms with van der Waals surface area (Å²) in [6.45, 7) is 0. The number of aryl methyl sites for hydroxylation is 1.